The molecule has 1 heterocycles. The van der Waals surface area contributed by atoms with Crippen molar-refractivity contribution in [2.75, 3.05) is 33.8 Å². The lowest BCUT2D eigenvalue weighted by atomic mass is 10.0. The molecule has 0 amide bonds. The predicted molar refractivity (Wildman–Crippen MR) is 75.1 cm³/mol. The molecular formula is C15H21F3N2O. The van der Waals surface area contributed by atoms with Gasteiger partial charge in [-0.15, -0.1) is 0 Å². The van der Waals surface area contributed by atoms with E-state index in [1.54, 1.807) is 20.2 Å². The smallest absolute Gasteiger partial charge is 0.380 e. The van der Waals surface area contributed by atoms with Gasteiger partial charge in [-0.3, -0.25) is 4.90 Å². The summed E-state index contributed by atoms with van der Waals surface area (Å²) in [4.78, 5) is 2.22. The number of hydrogen-bond donors (Lipinski definition) is 1. The summed E-state index contributed by atoms with van der Waals surface area (Å²) in [6, 6.07) is 5.41. The van der Waals surface area contributed by atoms with E-state index in [9.17, 15) is 13.2 Å². The van der Waals surface area contributed by atoms with Gasteiger partial charge < -0.3 is 10.1 Å². The van der Waals surface area contributed by atoms with E-state index < -0.39 is 11.7 Å². The standard InChI is InChI=1S/C15H21F3N2O/c1-19-14(10-20-7-6-13(9-20)21-2)11-4-3-5-12(8-11)15(16,17)18/h3-5,8,13-14,19H,6-7,9-10H2,1-2H3. The van der Waals surface area contributed by atoms with Crippen LogP contribution in [0.1, 0.15) is 23.6 Å². The summed E-state index contributed by atoms with van der Waals surface area (Å²) in [5, 5.41) is 3.11. The zero-order valence-electron chi connectivity index (χ0n) is 12.3. The van der Waals surface area contributed by atoms with Gasteiger partial charge in [0.2, 0.25) is 0 Å². The molecule has 1 saturated heterocycles. The number of likely N-dealkylation sites (N-methyl/N-ethyl adjacent to an activating group) is 1. The van der Waals surface area contributed by atoms with E-state index in [1.165, 1.54) is 12.1 Å². The van der Waals surface area contributed by atoms with Crippen LogP contribution in [0.2, 0.25) is 0 Å². The number of nitrogens with zero attached hydrogens (tertiary/aromatic N) is 1. The van der Waals surface area contributed by atoms with Crippen LogP contribution in [0.4, 0.5) is 13.2 Å². The highest BCUT2D eigenvalue weighted by Crippen LogP contribution is 2.31. The summed E-state index contributed by atoms with van der Waals surface area (Å²) < 4.78 is 43.7. The van der Waals surface area contributed by atoms with Crippen molar-refractivity contribution in [3.8, 4) is 0 Å². The monoisotopic (exact) mass is 302 g/mol. The fourth-order valence-electron chi connectivity index (χ4n) is 2.71. The second kappa shape index (κ2) is 6.77. The molecule has 2 atom stereocenters. The second-order valence-corrected chi connectivity index (χ2v) is 5.37. The Morgan fingerprint density at radius 1 is 1.43 bits per heavy atom. The molecule has 0 aromatic heterocycles. The maximum absolute atomic E-state index is 12.8. The third kappa shape index (κ3) is 4.18. The molecule has 0 radical (unpaired) electrons. The van der Waals surface area contributed by atoms with Crippen molar-refractivity contribution in [2.45, 2.75) is 24.7 Å². The molecule has 21 heavy (non-hydrogen) atoms. The number of rotatable bonds is 5. The Balaban J connectivity index is 2.07. The van der Waals surface area contributed by atoms with Crippen molar-refractivity contribution < 1.29 is 17.9 Å². The van der Waals surface area contributed by atoms with Crippen LogP contribution in [-0.2, 0) is 10.9 Å². The van der Waals surface area contributed by atoms with Crippen LogP contribution < -0.4 is 5.32 Å². The maximum atomic E-state index is 12.8. The molecule has 0 saturated carbocycles. The Labute approximate surface area is 123 Å². The number of benzene rings is 1. The number of nitrogens with one attached hydrogen (secondary N) is 1. The van der Waals surface area contributed by atoms with Crippen LogP contribution in [0.5, 0.6) is 0 Å². The van der Waals surface area contributed by atoms with Crippen LogP contribution in [0.25, 0.3) is 0 Å². The number of likely N-dealkylation sites (tertiary alicyclic amines) is 1. The van der Waals surface area contributed by atoms with Crippen molar-refractivity contribution in [3.05, 3.63) is 35.4 Å². The van der Waals surface area contributed by atoms with E-state index in [0.717, 1.165) is 25.6 Å². The van der Waals surface area contributed by atoms with Gasteiger partial charge in [0.1, 0.15) is 0 Å². The van der Waals surface area contributed by atoms with Gasteiger partial charge in [-0.05, 0) is 31.2 Å². The zero-order chi connectivity index (χ0) is 15.5. The molecule has 2 unspecified atom stereocenters. The molecule has 1 N–H and O–H groups in total. The molecule has 1 aromatic carbocycles. The number of ether oxygens (including phenoxy) is 1. The van der Waals surface area contributed by atoms with Crippen LogP contribution in [0.15, 0.2) is 24.3 Å². The highest BCUT2D eigenvalue weighted by molar-refractivity contribution is 5.28. The highest BCUT2D eigenvalue weighted by atomic mass is 19.4. The van der Waals surface area contributed by atoms with Gasteiger partial charge in [0.15, 0.2) is 0 Å². The van der Waals surface area contributed by atoms with E-state index in [4.69, 9.17) is 4.74 Å². The molecule has 1 aliphatic heterocycles. The molecule has 1 aromatic rings. The first-order chi connectivity index (χ1) is 9.94. The van der Waals surface area contributed by atoms with Gasteiger partial charge in [-0.2, -0.15) is 13.2 Å². The van der Waals surface area contributed by atoms with Crippen LogP contribution in [-0.4, -0.2) is 44.8 Å². The maximum Gasteiger partial charge on any atom is 0.416 e. The van der Waals surface area contributed by atoms with Crippen molar-refractivity contribution in [3.63, 3.8) is 0 Å². The average Bonchev–Trinajstić information content (AvgIpc) is 2.91. The lowest BCUT2D eigenvalue weighted by molar-refractivity contribution is -0.137. The average molecular weight is 302 g/mol. The molecule has 1 fully saturated rings. The first-order valence-electron chi connectivity index (χ1n) is 7.03. The lowest BCUT2D eigenvalue weighted by Crippen LogP contribution is -2.33. The summed E-state index contributed by atoms with van der Waals surface area (Å²) in [7, 11) is 3.46. The zero-order valence-corrected chi connectivity index (χ0v) is 12.3. The van der Waals surface area contributed by atoms with E-state index >= 15 is 0 Å². The van der Waals surface area contributed by atoms with Gasteiger partial charge >= 0.3 is 6.18 Å². The lowest BCUT2D eigenvalue weighted by Gasteiger charge is -2.24. The van der Waals surface area contributed by atoms with Crippen LogP contribution in [0, 0.1) is 0 Å². The summed E-state index contributed by atoms with van der Waals surface area (Å²) in [6.45, 7) is 2.42. The topological polar surface area (TPSA) is 24.5 Å². The molecule has 1 aliphatic rings. The van der Waals surface area contributed by atoms with Gasteiger partial charge in [0, 0.05) is 32.8 Å². The molecule has 0 aliphatic carbocycles. The molecule has 0 spiro atoms. The van der Waals surface area contributed by atoms with E-state index in [2.05, 4.69) is 10.2 Å². The van der Waals surface area contributed by atoms with Crippen molar-refractivity contribution in [1.29, 1.82) is 0 Å². The summed E-state index contributed by atoms with van der Waals surface area (Å²) in [5.41, 5.74) is 0.0598. The number of halogens is 3. The SMILES string of the molecule is CNC(CN1CCC(OC)C1)c1cccc(C(F)(F)F)c1. The molecule has 0 bridgehead atoms. The second-order valence-electron chi connectivity index (χ2n) is 5.37. The Hall–Kier alpha value is -1.11. The third-order valence-electron chi connectivity index (χ3n) is 3.97. The minimum absolute atomic E-state index is 0.122. The quantitative estimate of drug-likeness (QED) is 0.905. The Morgan fingerprint density at radius 3 is 2.76 bits per heavy atom. The number of alkyl halides is 3. The van der Waals surface area contributed by atoms with Gasteiger partial charge in [-0.1, -0.05) is 12.1 Å². The van der Waals surface area contributed by atoms with Gasteiger partial charge in [0.25, 0.3) is 0 Å². The van der Waals surface area contributed by atoms with Crippen molar-refractivity contribution in [1.82, 2.24) is 10.2 Å². The van der Waals surface area contributed by atoms with Crippen molar-refractivity contribution >= 4 is 0 Å². The fourth-order valence-corrected chi connectivity index (χ4v) is 2.71. The Morgan fingerprint density at radius 2 is 2.19 bits per heavy atom. The summed E-state index contributed by atoms with van der Waals surface area (Å²) in [5.74, 6) is 0. The number of hydrogen-bond acceptors (Lipinski definition) is 3. The van der Waals surface area contributed by atoms with Crippen molar-refractivity contribution in [2.24, 2.45) is 0 Å². The first kappa shape index (κ1) is 16.3. The van der Waals surface area contributed by atoms with Crippen LogP contribution >= 0.6 is 0 Å². The first-order valence-corrected chi connectivity index (χ1v) is 7.03. The van der Waals surface area contributed by atoms with Crippen LogP contribution in [0.3, 0.4) is 0 Å². The molecular weight excluding hydrogens is 281 g/mol. The van der Waals surface area contributed by atoms with E-state index in [1.807, 2.05) is 0 Å². The van der Waals surface area contributed by atoms with E-state index in [-0.39, 0.29) is 12.1 Å². The number of methoxy groups -OCH3 is 1. The van der Waals surface area contributed by atoms with Gasteiger partial charge in [-0.25, -0.2) is 0 Å². The molecule has 3 nitrogen and oxygen atoms in total. The molecule has 118 valence electrons. The largest absolute Gasteiger partial charge is 0.416 e. The van der Waals surface area contributed by atoms with E-state index in [0.29, 0.717) is 12.1 Å². The van der Waals surface area contributed by atoms with Gasteiger partial charge in [0.05, 0.1) is 11.7 Å². The summed E-state index contributed by atoms with van der Waals surface area (Å²) in [6.07, 6.45) is -3.11. The Bertz CT molecular complexity index is 464. The normalized spacial score (nSPS) is 21.7. The minimum atomic E-state index is -4.30. The fraction of sp³-hybridized carbons (Fsp3) is 0.600. The third-order valence-corrected chi connectivity index (χ3v) is 3.97. The Kier molecular flexibility index (Phi) is 5.24. The predicted octanol–water partition coefficient (Wildman–Crippen LogP) is 2.69. The molecule has 2 rings (SSSR count). The minimum Gasteiger partial charge on any atom is -0.380 e. The molecule has 6 heteroatoms. The highest BCUT2D eigenvalue weighted by Gasteiger charge is 2.31. The summed E-state index contributed by atoms with van der Waals surface area (Å²) >= 11 is 0.